The lowest BCUT2D eigenvalue weighted by atomic mass is 10.5. The predicted molar refractivity (Wildman–Crippen MR) is 42.5 cm³/mol. The fraction of sp³-hybridized carbons (Fsp3) is 0.125. The van der Waals surface area contributed by atoms with Crippen LogP contribution in [0.4, 0.5) is 0 Å². The minimum absolute atomic E-state index is 0.970. The van der Waals surface area contributed by atoms with Gasteiger partial charge in [0, 0.05) is 0 Å². The number of hydrogen-bond acceptors (Lipinski definition) is 2. The molecule has 2 aromatic rings. The molecule has 0 aromatic carbocycles. The summed E-state index contributed by atoms with van der Waals surface area (Å²) in [5.41, 5.74) is 0.970. The summed E-state index contributed by atoms with van der Waals surface area (Å²) in [5, 5.41) is 0. The highest BCUT2D eigenvalue weighted by Gasteiger charge is 2.02. The van der Waals surface area contributed by atoms with Crippen molar-refractivity contribution < 1.29 is 4.57 Å². The molecule has 0 aliphatic rings. The quantitative estimate of drug-likeness (QED) is 0.556. The third-order valence-corrected chi connectivity index (χ3v) is 1.61. The topological polar surface area (TPSA) is 34.6 Å². The summed E-state index contributed by atoms with van der Waals surface area (Å²) in [4.78, 5) is 7.86. The number of imidazole rings is 1. The maximum Gasteiger partial charge on any atom is 0.248 e. The SMILES string of the molecule is C[n+]1ccn(-c2cncnc2)c1. The average molecular weight is 161 g/mol. The van der Waals surface area contributed by atoms with Crippen LogP contribution in [0.25, 0.3) is 5.69 Å². The summed E-state index contributed by atoms with van der Waals surface area (Å²) in [5.74, 6) is 0. The molecule has 0 radical (unpaired) electrons. The molecule has 0 unspecified atom stereocenters. The summed E-state index contributed by atoms with van der Waals surface area (Å²) in [6.07, 6.45) is 10.9. The van der Waals surface area contributed by atoms with Crippen molar-refractivity contribution in [2.75, 3.05) is 0 Å². The smallest absolute Gasteiger partial charge is 0.240 e. The molecule has 0 amide bonds. The van der Waals surface area contributed by atoms with Crippen molar-refractivity contribution in [3.05, 3.63) is 37.4 Å². The molecule has 2 rings (SSSR count). The molecule has 0 atom stereocenters. The predicted octanol–water partition coefficient (Wildman–Crippen LogP) is 0.0918. The van der Waals surface area contributed by atoms with Gasteiger partial charge in [0.2, 0.25) is 6.33 Å². The Morgan fingerprint density at radius 2 is 2.08 bits per heavy atom. The molecular formula is C8H9N4+. The molecule has 0 saturated heterocycles. The fourth-order valence-corrected chi connectivity index (χ4v) is 1.03. The van der Waals surface area contributed by atoms with Crippen LogP contribution in [0.1, 0.15) is 0 Å². The van der Waals surface area contributed by atoms with Crippen LogP contribution in [-0.2, 0) is 7.05 Å². The first kappa shape index (κ1) is 6.97. The minimum Gasteiger partial charge on any atom is -0.240 e. The Labute approximate surface area is 70.1 Å². The Kier molecular flexibility index (Phi) is 1.59. The fourth-order valence-electron chi connectivity index (χ4n) is 1.03. The van der Waals surface area contributed by atoms with Gasteiger partial charge in [-0.15, -0.1) is 0 Å². The van der Waals surface area contributed by atoms with Crippen molar-refractivity contribution in [3.63, 3.8) is 0 Å². The van der Waals surface area contributed by atoms with E-state index in [1.165, 1.54) is 6.33 Å². The van der Waals surface area contributed by atoms with E-state index in [2.05, 4.69) is 9.97 Å². The van der Waals surface area contributed by atoms with Gasteiger partial charge in [-0.1, -0.05) is 0 Å². The molecule has 0 fully saturated rings. The molecule has 0 aliphatic heterocycles. The Hall–Kier alpha value is -1.71. The summed E-state index contributed by atoms with van der Waals surface area (Å²) in [6.45, 7) is 0. The second kappa shape index (κ2) is 2.73. The zero-order chi connectivity index (χ0) is 8.39. The van der Waals surface area contributed by atoms with Crippen molar-refractivity contribution in [2.45, 2.75) is 0 Å². The van der Waals surface area contributed by atoms with Crippen molar-refractivity contribution >= 4 is 0 Å². The van der Waals surface area contributed by atoms with E-state index in [1.807, 2.05) is 34.9 Å². The van der Waals surface area contributed by atoms with Gasteiger partial charge in [-0.25, -0.2) is 14.5 Å². The maximum atomic E-state index is 3.93. The lowest BCUT2D eigenvalue weighted by molar-refractivity contribution is -0.670. The molecule has 4 nitrogen and oxygen atoms in total. The van der Waals surface area contributed by atoms with Crippen LogP contribution in [0.3, 0.4) is 0 Å². The number of aryl methyl sites for hydroxylation is 1. The van der Waals surface area contributed by atoms with Crippen LogP contribution in [0, 0.1) is 0 Å². The largest absolute Gasteiger partial charge is 0.248 e. The number of aromatic nitrogens is 4. The van der Waals surface area contributed by atoms with Crippen molar-refractivity contribution in [1.82, 2.24) is 14.5 Å². The Bertz CT molecular complexity index is 366. The first-order valence-corrected chi connectivity index (χ1v) is 3.65. The third kappa shape index (κ3) is 1.18. The zero-order valence-corrected chi connectivity index (χ0v) is 6.75. The zero-order valence-electron chi connectivity index (χ0n) is 6.75. The van der Waals surface area contributed by atoms with Crippen LogP contribution in [-0.4, -0.2) is 14.5 Å². The van der Waals surface area contributed by atoms with Gasteiger partial charge in [0.15, 0.2) is 5.69 Å². The molecule has 4 heteroatoms. The van der Waals surface area contributed by atoms with Gasteiger partial charge in [0.25, 0.3) is 0 Å². The first-order valence-electron chi connectivity index (χ1n) is 3.65. The molecule has 0 spiro atoms. The Morgan fingerprint density at radius 3 is 2.67 bits per heavy atom. The third-order valence-electron chi connectivity index (χ3n) is 1.61. The van der Waals surface area contributed by atoms with E-state index in [4.69, 9.17) is 0 Å². The van der Waals surface area contributed by atoms with Crippen LogP contribution < -0.4 is 4.57 Å². The maximum absolute atomic E-state index is 3.93. The van der Waals surface area contributed by atoms with Gasteiger partial charge < -0.3 is 0 Å². The van der Waals surface area contributed by atoms with E-state index in [0.717, 1.165) is 5.69 Å². The monoisotopic (exact) mass is 161 g/mol. The lowest BCUT2D eigenvalue weighted by Gasteiger charge is -1.90. The van der Waals surface area contributed by atoms with E-state index < -0.39 is 0 Å². The van der Waals surface area contributed by atoms with Gasteiger partial charge in [0.1, 0.15) is 18.7 Å². The average Bonchev–Trinajstić information content (AvgIpc) is 2.54. The normalized spacial score (nSPS) is 10.1. The molecule has 12 heavy (non-hydrogen) atoms. The molecule has 0 N–H and O–H groups in total. The van der Waals surface area contributed by atoms with E-state index in [-0.39, 0.29) is 0 Å². The van der Waals surface area contributed by atoms with Crippen LogP contribution in [0.15, 0.2) is 37.4 Å². The van der Waals surface area contributed by atoms with Gasteiger partial charge in [0.05, 0.1) is 19.4 Å². The second-order valence-electron chi connectivity index (χ2n) is 2.58. The van der Waals surface area contributed by atoms with Crippen molar-refractivity contribution in [3.8, 4) is 5.69 Å². The standard InChI is InChI=1S/C8H9N4/c1-11-2-3-12(7-11)8-4-9-6-10-5-8/h2-7H,1H3/q+1. The highest BCUT2D eigenvalue weighted by atomic mass is 15.1. The number of nitrogens with zero attached hydrogens (tertiary/aromatic N) is 4. The second-order valence-corrected chi connectivity index (χ2v) is 2.58. The van der Waals surface area contributed by atoms with Gasteiger partial charge in [-0.3, -0.25) is 0 Å². The van der Waals surface area contributed by atoms with Gasteiger partial charge >= 0.3 is 0 Å². The molecule has 60 valence electrons. The van der Waals surface area contributed by atoms with E-state index in [0.29, 0.717) is 0 Å². The van der Waals surface area contributed by atoms with E-state index >= 15 is 0 Å². The summed E-state index contributed by atoms with van der Waals surface area (Å²) < 4.78 is 3.92. The van der Waals surface area contributed by atoms with Gasteiger partial charge in [-0.05, 0) is 0 Å². The summed E-state index contributed by atoms with van der Waals surface area (Å²) in [7, 11) is 1.97. The van der Waals surface area contributed by atoms with Crippen LogP contribution in [0.2, 0.25) is 0 Å². The summed E-state index contributed by atoms with van der Waals surface area (Å²) >= 11 is 0. The van der Waals surface area contributed by atoms with Crippen molar-refractivity contribution in [2.24, 2.45) is 7.05 Å². The molecule has 2 aromatic heterocycles. The molecule has 0 aliphatic carbocycles. The first-order chi connectivity index (χ1) is 5.86. The highest BCUT2D eigenvalue weighted by Crippen LogP contribution is 1.99. The molecule has 0 saturated carbocycles. The Morgan fingerprint density at radius 1 is 1.33 bits per heavy atom. The lowest BCUT2D eigenvalue weighted by Crippen LogP contribution is -2.23. The number of rotatable bonds is 1. The van der Waals surface area contributed by atoms with E-state index in [1.54, 1.807) is 12.4 Å². The molecule has 0 bridgehead atoms. The number of hydrogen-bond donors (Lipinski definition) is 0. The minimum atomic E-state index is 0.970. The van der Waals surface area contributed by atoms with E-state index in [9.17, 15) is 0 Å². The molecular weight excluding hydrogens is 152 g/mol. The molecule has 2 heterocycles. The van der Waals surface area contributed by atoms with Crippen LogP contribution >= 0.6 is 0 Å². The van der Waals surface area contributed by atoms with Gasteiger partial charge in [-0.2, -0.15) is 4.57 Å². The van der Waals surface area contributed by atoms with Crippen LogP contribution in [0.5, 0.6) is 0 Å². The Balaban J connectivity index is 2.45. The highest BCUT2D eigenvalue weighted by molar-refractivity contribution is 5.22. The summed E-state index contributed by atoms with van der Waals surface area (Å²) in [6, 6.07) is 0. The van der Waals surface area contributed by atoms with Crippen molar-refractivity contribution in [1.29, 1.82) is 0 Å².